The highest BCUT2D eigenvalue weighted by Crippen LogP contribution is 2.22. The summed E-state index contributed by atoms with van der Waals surface area (Å²) in [4.78, 5) is 11.7. The highest BCUT2D eigenvalue weighted by Gasteiger charge is 2.03. The largest absolute Gasteiger partial charge is 0.495 e. The summed E-state index contributed by atoms with van der Waals surface area (Å²) in [6, 6.07) is 17.3. The summed E-state index contributed by atoms with van der Waals surface area (Å²) < 4.78 is 5.20. The van der Waals surface area contributed by atoms with Crippen molar-refractivity contribution in [1.82, 2.24) is 5.43 Å². The molecule has 0 atom stereocenters. The van der Waals surface area contributed by atoms with Crippen LogP contribution in [0.4, 0.5) is 5.69 Å². The lowest BCUT2D eigenvalue weighted by atomic mass is 10.2. The number of nitrogens with zero attached hydrogens (tertiary/aromatic N) is 1. The number of anilines is 1. The van der Waals surface area contributed by atoms with E-state index in [-0.39, 0.29) is 12.5 Å². The number of carbonyl (C=O) groups is 1. The average molecular weight is 309 g/mol. The molecule has 0 unspecified atom stereocenters. The highest BCUT2D eigenvalue weighted by molar-refractivity contribution is 5.83. The van der Waals surface area contributed by atoms with Crippen LogP contribution in [0.15, 0.2) is 65.8 Å². The van der Waals surface area contributed by atoms with Gasteiger partial charge in [-0.1, -0.05) is 48.5 Å². The number of methoxy groups -OCH3 is 1. The van der Waals surface area contributed by atoms with Crippen molar-refractivity contribution in [3.63, 3.8) is 0 Å². The minimum atomic E-state index is -0.236. The molecule has 5 nitrogen and oxygen atoms in total. The Bertz CT molecular complexity index is 682. The Labute approximate surface area is 135 Å². The van der Waals surface area contributed by atoms with Gasteiger partial charge in [0.2, 0.25) is 0 Å². The molecule has 0 bridgehead atoms. The second-order valence-electron chi connectivity index (χ2n) is 4.64. The van der Waals surface area contributed by atoms with Crippen molar-refractivity contribution in [2.24, 2.45) is 5.10 Å². The number of amides is 1. The summed E-state index contributed by atoms with van der Waals surface area (Å²) >= 11 is 0. The van der Waals surface area contributed by atoms with E-state index in [9.17, 15) is 4.79 Å². The standard InChI is InChI=1S/C18H19N3O2/c1-23-17-12-6-5-11-16(17)19-14-18(22)21-20-13-7-10-15-8-3-2-4-9-15/h2-13,19H,14H2,1H3,(H,21,22)/b10-7+,20-13?. The smallest absolute Gasteiger partial charge is 0.259 e. The molecule has 23 heavy (non-hydrogen) atoms. The van der Waals surface area contributed by atoms with Crippen LogP contribution in [0.1, 0.15) is 5.56 Å². The Balaban J connectivity index is 1.75. The van der Waals surface area contributed by atoms with Gasteiger partial charge in [0, 0.05) is 6.21 Å². The fourth-order valence-electron chi connectivity index (χ4n) is 1.88. The zero-order valence-electron chi connectivity index (χ0n) is 12.9. The number of benzene rings is 2. The van der Waals surface area contributed by atoms with Crippen molar-refractivity contribution in [2.75, 3.05) is 19.0 Å². The topological polar surface area (TPSA) is 62.7 Å². The van der Waals surface area contributed by atoms with Gasteiger partial charge < -0.3 is 10.1 Å². The maximum Gasteiger partial charge on any atom is 0.259 e. The van der Waals surface area contributed by atoms with Crippen molar-refractivity contribution in [1.29, 1.82) is 0 Å². The number of hydrogen-bond donors (Lipinski definition) is 2. The zero-order chi connectivity index (χ0) is 16.3. The Morgan fingerprint density at radius 2 is 1.87 bits per heavy atom. The first kappa shape index (κ1) is 16.3. The monoisotopic (exact) mass is 309 g/mol. The predicted octanol–water partition coefficient (Wildman–Crippen LogP) is 2.92. The van der Waals surface area contributed by atoms with Crippen LogP contribution in [0.3, 0.4) is 0 Å². The van der Waals surface area contributed by atoms with Crippen molar-refractivity contribution in [3.05, 3.63) is 66.2 Å². The van der Waals surface area contributed by atoms with Crippen LogP contribution in [0.25, 0.3) is 6.08 Å². The molecule has 0 aliphatic heterocycles. The number of para-hydroxylation sites is 2. The molecule has 0 aliphatic rings. The van der Waals surface area contributed by atoms with Gasteiger partial charge in [0.1, 0.15) is 5.75 Å². The second-order valence-corrected chi connectivity index (χ2v) is 4.64. The summed E-state index contributed by atoms with van der Waals surface area (Å²) in [5.74, 6) is 0.454. The normalized spacial score (nSPS) is 10.8. The minimum Gasteiger partial charge on any atom is -0.495 e. The van der Waals surface area contributed by atoms with Crippen molar-refractivity contribution in [3.8, 4) is 5.75 Å². The van der Waals surface area contributed by atoms with E-state index in [1.54, 1.807) is 13.2 Å². The Morgan fingerprint density at radius 3 is 2.65 bits per heavy atom. The van der Waals surface area contributed by atoms with E-state index in [0.717, 1.165) is 11.3 Å². The van der Waals surface area contributed by atoms with E-state index >= 15 is 0 Å². The molecule has 0 heterocycles. The number of allylic oxidation sites excluding steroid dienone is 1. The maximum atomic E-state index is 11.7. The molecular formula is C18H19N3O2. The third kappa shape index (κ3) is 5.67. The van der Waals surface area contributed by atoms with Gasteiger partial charge in [-0.3, -0.25) is 4.79 Å². The first-order chi connectivity index (χ1) is 11.3. The predicted molar refractivity (Wildman–Crippen MR) is 93.6 cm³/mol. The molecule has 2 rings (SSSR count). The van der Waals surface area contributed by atoms with Crippen LogP contribution < -0.4 is 15.5 Å². The van der Waals surface area contributed by atoms with E-state index in [0.29, 0.717) is 5.75 Å². The summed E-state index contributed by atoms with van der Waals surface area (Å²) in [5.41, 5.74) is 4.29. The first-order valence-electron chi connectivity index (χ1n) is 7.20. The van der Waals surface area contributed by atoms with Gasteiger partial charge in [-0.05, 0) is 23.8 Å². The van der Waals surface area contributed by atoms with Gasteiger partial charge in [-0.2, -0.15) is 5.10 Å². The number of carbonyl (C=O) groups excluding carboxylic acids is 1. The van der Waals surface area contributed by atoms with Crippen LogP contribution in [-0.2, 0) is 4.79 Å². The zero-order valence-corrected chi connectivity index (χ0v) is 12.9. The van der Waals surface area contributed by atoms with E-state index in [4.69, 9.17) is 4.74 Å². The Kier molecular flexibility index (Phi) is 6.41. The van der Waals surface area contributed by atoms with Gasteiger partial charge in [0.05, 0.1) is 19.3 Å². The first-order valence-corrected chi connectivity index (χ1v) is 7.20. The highest BCUT2D eigenvalue weighted by atomic mass is 16.5. The molecule has 0 aliphatic carbocycles. The van der Waals surface area contributed by atoms with Crippen LogP contribution in [-0.4, -0.2) is 25.8 Å². The fraction of sp³-hybridized carbons (Fsp3) is 0.111. The van der Waals surface area contributed by atoms with E-state index in [1.165, 1.54) is 6.21 Å². The van der Waals surface area contributed by atoms with Gasteiger partial charge in [-0.15, -0.1) is 0 Å². The molecule has 0 saturated carbocycles. The van der Waals surface area contributed by atoms with Gasteiger partial charge in [0.15, 0.2) is 0 Å². The molecule has 0 radical (unpaired) electrons. The van der Waals surface area contributed by atoms with Gasteiger partial charge in [-0.25, -0.2) is 5.43 Å². The van der Waals surface area contributed by atoms with Crippen molar-refractivity contribution in [2.45, 2.75) is 0 Å². The van der Waals surface area contributed by atoms with E-state index < -0.39 is 0 Å². The van der Waals surface area contributed by atoms with Crippen LogP contribution in [0.5, 0.6) is 5.75 Å². The second kappa shape index (κ2) is 9.04. The third-order valence-electron chi connectivity index (χ3n) is 2.98. The minimum absolute atomic E-state index is 0.111. The molecule has 0 saturated heterocycles. The SMILES string of the molecule is COc1ccccc1NCC(=O)NN=C/C=C/c1ccccc1. The molecule has 2 aromatic carbocycles. The average Bonchev–Trinajstić information content (AvgIpc) is 2.60. The molecule has 0 fully saturated rings. The van der Waals surface area contributed by atoms with Gasteiger partial charge >= 0.3 is 0 Å². The number of rotatable bonds is 7. The number of nitrogens with one attached hydrogen (secondary N) is 2. The molecule has 0 spiro atoms. The lowest BCUT2D eigenvalue weighted by Gasteiger charge is -2.09. The van der Waals surface area contributed by atoms with Gasteiger partial charge in [0.25, 0.3) is 5.91 Å². The molecule has 2 N–H and O–H groups in total. The number of hydrazone groups is 1. The molecule has 2 aromatic rings. The molecule has 5 heteroatoms. The van der Waals surface area contributed by atoms with Crippen molar-refractivity contribution >= 4 is 23.9 Å². The quantitative estimate of drug-likeness (QED) is 0.610. The third-order valence-corrected chi connectivity index (χ3v) is 2.98. The van der Waals surface area contributed by atoms with Crippen LogP contribution in [0.2, 0.25) is 0 Å². The molecular weight excluding hydrogens is 290 g/mol. The van der Waals surface area contributed by atoms with Crippen LogP contribution in [0, 0.1) is 0 Å². The summed E-state index contributed by atoms with van der Waals surface area (Å²) in [6.45, 7) is 0.111. The van der Waals surface area contributed by atoms with Crippen molar-refractivity contribution < 1.29 is 9.53 Å². The number of ether oxygens (including phenoxy) is 1. The summed E-state index contributed by atoms with van der Waals surface area (Å²) in [5, 5.41) is 6.86. The fourth-order valence-corrected chi connectivity index (χ4v) is 1.88. The maximum absolute atomic E-state index is 11.7. The lowest BCUT2D eigenvalue weighted by Crippen LogP contribution is -2.25. The van der Waals surface area contributed by atoms with Crippen LogP contribution >= 0.6 is 0 Å². The molecule has 0 aromatic heterocycles. The summed E-state index contributed by atoms with van der Waals surface area (Å²) in [6.07, 6.45) is 5.21. The Hall–Kier alpha value is -3.08. The van der Waals surface area contributed by atoms with E-state index in [2.05, 4.69) is 15.8 Å². The van der Waals surface area contributed by atoms with E-state index in [1.807, 2.05) is 60.7 Å². The molecule has 1 amide bonds. The lowest BCUT2D eigenvalue weighted by molar-refractivity contribution is -0.119. The number of hydrogen-bond acceptors (Lipinski definition) is 4. The molecule has 118 valence electrons. The summed E-state index contributed by atoms with van der Waals surface area (Å²) in [7, 11) is 1.59. The Morgan fingerprint density at radius 1 is 1.13 bits per heavy atom.